The molecule has 3 aromatic heterocycles. The fourth-order valence-electron chi connectivity index (χ4n) is 4.71. The number of nitrogens with zero attached hydrogens (tertiary/aromatic N) is 5. The summed E-state index contributed by atoms with van der Waals surface area (Å²) in [5, 5.41) is 9.56. The van der Waals surface area contributed by atoms with Crippen molar-refractivity contribution < 1.29 is 9.53 Å². The predicted octanol–water partition coefficient (Wildman–Crippen LogP) is 4.16. The molecule has 0 aliphatic heterocycles. The molecule has 3 heterocycles. The first-order valence-electron chi connectivity index (χ1n) is 11.6. The Bertz CT molecular complexity index is 1350. The number of carbonyl (C=O) groups is 1. The van der Waals surface area contributed by atoms with Crippen LogP contribution in [0.3, 0.4) is 0 Å². The number of nitrogens with one attached hydrogen (secondary N) is 1. The number of halogens is 1. The van der Waals surface area contributed by atoms with Crippen LogP contribution in [-0.2, 0) is 16.0 Å². The number of amides is 1. The Kier molecular flexibility index (Phi) is 6.56. The zero-order valence-electron chi connectivity index (χ0n) is 19.3. The molecule has 0 bridgehead atoms. The quantitative estimate of drug-likeness (QED) is 0.366. The second kappa shape index (κ2) is 9.76. The number of ether oxygens (including phenoxy) is 1. The number of benzene rings is 1. The number of aromatic nitrogens is 5. The van der Waals surface area contributed by atoms with Gasteiger partial charge in [-0.25, -0.2) is 14.6 Å². The van der Waals surface area contributed by atoms with Gasteiger partial charge in [0.15, 0.2) is 5.65 Å². The van der Waals surface area contributed by atoms with Crippen LogP contribution in [0, 0.1) is 18.8 Å². The summed E-state index contributed by atoms with van der Waals surface area (Å²) in [4.78, 5) is 26.5. The topological polar surface area (TPSA) is 94.8 Å². The van der Waals surface area contributed by atoms with Crippen LogP contribution in [0.25, 0.3) is 27.6 Å². The van der Waals surface area contributed by atoms with E-state index in [2.05, 4.69) is 48.4 Å². The van der Waals surface area contributed by atoms with E-state index < -0.39 is 0 Å². The first kappa shape index (κ1) is 22.9. The van der Waals surface area contributed by atoms with Crippen molar-refractivity contribution in [3.8, 4) is 5.69 Å². The van der Waals surface area contributed by atoms with Gasteiger partial charge in [0.25, 0.3) is 0 Å². The van der Waals surface area contributed by atoms with Crippen molar-refractivity contribution in [1.29, 1.82) is 0 Å². The Morgan fingerprint density at radius 1 is 1.24 bits per heavy atom. The Balaban J connectivity index is 1.36. The molecule has 2 atom stereocenters. The van der Waals surface area contributed by atoms with Gasteiger partial charge in [0, 0.05) is 43.3 Å². The van der Waals surface area contributed by atoms with Gasteiger partial charge in [-0.3, -0.25) is 9.78 Å². The molecule has 1 aliphatic rings. The van der Waals surface area contributed by atoms with Gasteiger partial charge >= 0.3 is 0 Å². The van der Waals surface area contributed by atoms with E-state index in [-0.39, 0.29) is 11.8 Å². The molecule has 4 aromatic rings. The van der Waals surface area contributed by atoms with Gasteiger partial charge in [-0.15, -0.1) is 0 Å². The van der Waals surface area contributed by atoms with Crippen LogP contribution in [-0.4, -0.2) is 50.9 Å². The largest absolute Gasteiger partial charge is 0.383 e. The van der Waals surface area contributed by atoms with Gasteiger partial charge in [-0.2, -0.15) is 5.10 Å². The Labute approximate surface area is 206 Å². The number of carbonyl (C=O) groups excluding carboxylic acids is 1. The number of hydrogen-bond donors (Lipinski definition) is 1. The van der Waals surface area contributed by atoms with E-state index in [9.17, 15) is 4.79 Å². The van der Waals surface area contributed by atoms with Crippen LogP contribution >= 0.6 is 15.9 Å². The molecule has 5 rings (SSSR count). The molecule has 0 saturated heterocycles. The van der Waals surface area contributed by atoms with E-state index in [1.807, 2.05) is 36.0 Å². The van der Waals surface area contributed by atoms with Crippen molar-refractivity contribution in [2.75, 3.05) is 20.3 Å². The zero-order chi connectivity index (χ0) is 23.7. The summed E-state index contributed by atoms with van der Waals surface area (Å²) in [6.45, 7) is 3.08. The molecule has 1 saturated carbocycles. The third-order valence-corrected chi connectivity index (χ3v) is 7.06. The van der Waals surface area contributed by atoms with Gasteiger partial charge in [-0.1, -0.05) is 6.07 Å². The summed E-state index contributed by atoms with van der Waals surface area (Å²) in [7, 11) is 1.64. The van der Waals surface area contributed by atoms with Gasteiger partial charge in [0.1, 0.15) is 10.4 Å². The lowest BCUT2D eigenvalue weighted by molar-refractivity contribution is -0.125. The highest BCUT2D eigenvalue weighted by molar-refractivity contribution is 9.10. The maximum atomic E-state index is 12.4. The van der Waals surface area contributed by atoms with Crippen molar-refractivity contribution in [3.05, 3.63) is 52.7 Å². The summed E-state index contributed by atoms with van der Waals surface area (Å²) < 4.78 is 7.58. The number of aryl methyl sites for hydroxylation is 1. The van der Waals surface area contributed by atoms with Crippen molar-refractivity contribution in [1.82, 2.24) is 30.0 Å². The van der Waals surface area contributed by atoms with Crippen LogP contribution < -0.4 is 5.32 Å². The maximum absolute atomic E-state index is 12.4. The molecule has 1 aliphatic carbocycles. The minimum Gasteiger partial charge on any atom is -0.383 e. The molecule has 0 unspecified atom stereocenters. The van der Waals surface area contributed by atoms with E-state index in [0.29, 0.717) is 23.7 Å². The molecular formula is C25H27BrN6O2. The monoisotopic (exact) mass is 522 g/mol. The number of methoxy groups -OCH3 is 1. The lowest BCUT2D eigenvalue weighted by atomic mass is 10.0. The summed E-state index contributed by atoms with van der Waals surface area (Å²) >= 11 is 3.56. The second-order valence-electron chi connectivity index (χ2n) is 8.92. The Hall–Kier alpha value is -2.91. The number of hydrogen-bond acceptors (Lipinski definition) is 6. The summed E-state index contributed by atoms with van der Waals surface area (Å²) in [6, 6.07) is 10.2. The normalized spacial score (nSPS) is 18.1. The van der Waals surface area contributed by atoms with Crippen LogP contribution in [0.2, 0.25) is 0 Å². The predicted molar refractivity (Wildman–Crippen MR) is 134 cm³/mol. The van der Waals surface area contributed by atoms with Gasteiger partial charge < -0.3 is 10.1 Å². The minimum atomic E-state index is 0.0557. The highest BCUT2D eigenvalue weighted by atomic mass is 79.9. The smallest absolute Gasteiger partial charge is 0.223 e. The number of pyridine rings is 1. The van der Waals surface area contributed by atoms with Gasteiger partial charge in [0.2, 0.25) is 5.91 Å². The van der Waals surface area contributed by atoms with E-state index in [1.54, 1.807) is 7.11 Å². The third-order valence-electron chi connectivity index (χ3n) is 6.47. The molecule has 0 radical (unpaired) electrons. The van der Waals surface area contributed by atoms with Crippen LogP contribution in [0.5, 0.6) is 0 Å². The van der Waals surface area contributed by atoms with Crippen molar-refractivity contribution in [2.24, 2.45) is 11.8 Å². The molecular weight excluding hydrogens is 496 g/mol. The van der Waals surface area contributed by atoms with Gasteiger partial charge in [-0.05, 0) is 72.3 Å². The fraction of sp³-hybridized carbons (Fsp3) is 0.400. The molecule has 34 heavy (non-hydrogen) atoms. The SMILES string of the molecule is COCCNC(=O)[C@@H]1CC[C@@H](Cc2ncc3c(Br)nn(-c4ccc5nc(C)ccc5c4)c3n2)C1. The first-order chi connectivity index (χ1) is 16.5. The number of fused-ring (bicyclic) bond motifs is 2. The fourth-order valence-corrected chi connectivity index (χ4v) is 5.14. The maximum Gasteiger partial charge on any atom is 0.223 e. The molecule has 1 fully saturated rings. The van der Waals surface area contributed by atoms with E-state index in [1.165, 1.54) is 0 Å². The van der Waals surface area contributed by atoms with Crippen LogP contribution in [0.15, 0.2) is 41.1 Å². The third kappa shape index (κ3) is 4.67. The van der Waals surface area contributed by atoms with Crippen molar-refractivity contribution >= 4 is 43.8 Å². The average Bonchev–Trinajstić information content (AvgIpc) is 3.43. The second-order valence-corrected chi connectivity index (χ2v) is 9.67. The van der Waals surface area contributed by atoms with Crippen molar-refractivity contribution in [2.45, 2.75) is 32.6 Å². The van der Waals surface area contributed by atoms with Gasteiger partial charge in [0.05, 0.1) is 23.2 Å². The zero-order valence-corrected chi connectivity index (χ0v) is 20.9. The molecule has 0 spiro atoms. The van der Waals surface area contributed by atoms with E-state index >= 15 is 0 Å². The minimum absolute atomic E-state index is 0.0557. The highest BCUT2D eigenvalue weighted by Gasteiger charge is 2.30. The Morgan fingerprint density at radius 3 is 2.97 bits per heavy atom. The Morgan fingerprint density at radius 2 is 2.12 bits per heavy atom. The molecule has 9 heteroatoms. The standard InChI is InChI=1S/C25H27BrN6O2/c1-15-3-5-17-13-19(7-8-21(17)29-15)32-24-20(23(26)31-32)14-28-22(30-24)12-16-4-6-18(11-16)25(33)27-9-10-34-2/h3,5,7-8,13-14,16,18H,4,6,9-12H2,1-2H3,(H,27,33)/t16-,18-/m1/s1. The lowest BCUT2D eigenvalue weighted by Gasteiger charge is -2.12. The first-order valence-corrected chi connectivity index (χ1v) is 12.4. The molecule has 8 nitrogen and oxygen atoms in total. The summed E-state index contributed by atoms with van der Waals surface area (Å²) in [5.41, 5.74) is 3.64. The molecule has 1 N–H and O–H groups in total. The average molecular weight is 523 g/mol. The highest BCUT2D eigenvalue weighted by Crippen LogP contribution is 2.33. The summed E-state index contributed by atoms with van der Waals surface area (Å²) in [6.07, 6.45) is 5.35. The van der Waals surface area contributed by atoms with E-state index in [4.69, 9.17) is 9.72 Å². The number of rotatable bonds is 7. The van der Waals surface area contributed by atoms with Crippen molar-refractivity contribution in [3.63, 3.8) is 0 Å². The lowest BCUT2D eigenvalue weighted by Crippen LogP contribution is -2.32. The van der Waals surface area contributed by atoms with Crippen LogP contribution in [0.4, 0.5) is 0 Å². The molecule has 176 valence electrons. The molecule has 1 amide bonds. The van der Waals surface area contributed by atoms with E-state index in [0.717, 1.165) is 64.8 Å². The molecule has 1 aromatic carbocycles. The summed E-state index contributed by atoms with van der Waals surface area (Å²) in [5.74, 6) is 1.36. The van der Waals surface area contributed by atoms with Crippen LogP contribution in [0.1, 0.15) is 30.8 Å².